The molecule has 5 heteroatoms. The summed E-state index contributed by atoms with van der Waals surface area (Å²) in [5.74, 6) is 0.211. The molecule has 1 saturated carbocycles. The maximum atomic E-state index is 12.2. The molecule has 1 aliphatic rings. The molecule has 3 atom stereocenters. The maximum Gasteiger partial charge on any atom is 0.315 e. The Morgan fingerprint density at radius 2 is 1.76 bits per heavy atom. The van der Waals surface area contributed by atoms with E-state index in [1.807, 2.05) is 0 Å². The van der Waals surface area contributed by atoms with Gasteiger partial charge in [0.15, 0.2) is 0 Å². The van der Waals surface area contributed by atoms with E-state index in [9.17, 15) is 14.7 Å². The highest BCUT2D eigenvalue weighted by Gasteiger charge is 2.45. The Balaban J connectivity index is 2.64. The normalized spacial score (nSPS) is 26.5. The summed E-state index contributed by atoms with van der Waals surface area (Å²) < 4.78 is 0. The highest BCUT2D eigenvalue weighted by Crippen LogP contribution is 2.34. The lowest BCUT2D eigenvalue weighted by Gasteiger charge is -2.39. The molecule has 2 amide bonds. The molecule has 0 heterocycles. The van der Waals surface area contributed by atoms with Crippen molar-refractivity contribution in [3.63, 3.8) is 0 Å². The van der Waals surface area contributed by atoms with Crippen LogP contribution in [0.15, 0.2) is 0 Å². The Bertz CT molecular complexity index is 404. The van der Waals surface area contributed by atoms with Crippen LogP contribution in [0.4, 0.5) is 4.79 Å². The maximum absolute atomic E-state index is 12.2. The van der Waals surface area contributed by atoms with Gasteiger partial charge in [0, 0.05) is 6.04 Å². The Morgan fingerprint density at radius 3 is 2.19 bits per heavy atom. The molecular formula is C16H30N2O3. The SMILES string of the molecule is CCC1CCC(NC(=O)NC(C)(C)C(C)(C)C(=O)O)C1C. The van der Waals surface area contributed by atoms with Gasteiger partial charge in [0.25, 0.3) is 0 Å². The first-order valence-corrected chi connectivity index (χ1v) is 7.85. The Labute approximate surface area is 127 Å². The molecular weight excluding hydrogens is 268 g/mol. The molecule has 0 aromatic rings. The van der Waals surface area contributed by atoms with Crippen molar-refractivity contribution in [2.24, 2.45) is 17.3 Å². The monoisotopic (exact) mass is 298 g/mol. The van der Waals surface area contributed by atoms with Crippen LogP contribution in [0, 0.1) is 17.3 Å². The van der Waals surface area contributed by atoms with Crippen molar-refractivity contribution in [1.82, 2.24) is 10.6 Å². The van der Waals surface area contributed by atoms with Crippen LogP contribution in [0.1, 0.15) is 60.8 Å². The van der Waals surface area contributed by atoms with Gasteiger partial charge in [-0.2, -0.15) is 0 Å². The van der Waals surface area contributed by atoms with Crippen molar-refractivity contribution in [1.29, 1.82) is 0 Å². The summed E-state index contributed by atoms with van der Waals surface area (Å²) in [5, 5.41) is 15.2. The number of carbonyl (C=O) groups excluding carboxylic acids is 1. The average Bonchev–Trinajstić information content (AvgIpc) is 2.69. The molecule has 21 heavy (non-hydrogen) atoms. The topological polar surface area (TPSA) is 78.4 Å². The minimum Gasteiger partial charge on any atom is -0.481 e. The lowest BCUT2D eigenvalue weighted by molar-refractivity contribution is -0.150. The van der Waals surface area contributed by atoms with E-state index in [0.717, 1.165) is 19.3 Å². The molecule has 0 aromatic heterocycles. The largest absolute Gasteiger partial charge is 0.481 e. The summed E-state index contributed by atoms with van der Waals surface area (Å²) in [4.78, 5) is 23.6. The molecule has 0 spiro atoms. The summed E-state index contributed by atoms with van der Waals surface area (Å²) in [6.45, 7) is 11.1. The smallest absolute Gasteiger partial charge is 0.315 e. The first-order valence-electron chi connectivity index (χ1n) is 7.85. The highest BCUT2D eigenvalue weighted by atomic mass is 16.4. The lowest BCUT2D eigenvalue weighted by Crippen LogP contribution is -2.60. The summed E-state index contributed by atoms with van der Waals surface area (Å²) in [5.41, 5.74) is -1.88. The van der Waals surface area contributed by atoms with Gasteiger partial charge in [-0.15, -0.1) is 0 Å². The van der Waals surface area contributed by atoms with Crippen LogP contribution in [0.3, 0.4) is 0 Å². The molecule has 1 fully saturated rings. The number of hydrogen-bond acceptors (Lipinski definition) is 2. The second-order valence-corrected chi connectivity index (χ2v) is 7.36. The number of aliphatic carboxylic acids is 1. The van der Waals surface area contributed by atoms with E-state index in [4.69, 9.17) is 0 Å². The van der Waals surface area contributed by atoms with Gasteiger partial charge in [-0.1, -0.05) is 20.3 Å². The second-order valence-electron chi connectivity index (χ2n) is 7.36. The molecule has 3 unspecified atom stereocenters. The van der Waals surface area contributed by atoms with Crippen LogP contribution >= 0.6 is 0 Å². The lowest BCUT2D eigenvalue weighted by atomic mass is 9.74. The van der Waals surface area contributed by atoms with Crippen molar-refractivity contribution in [2.45, 2.75) is 72.4 Å². The third-order valence-electron chi connectivity index (χ3n) is 5.59. The third-order valence-corrected chi connectivity index (χ3v) is 5.59. The highest BCUT2D eigenvalue weighted by molar-refractivity contribution is 5.79. The molecule has 0 radical (unpaired) electrons. The molecule has 3 N–H and O–H groups in total. The van der Waals surface area contributed by atoms with E-state index >= 15 is 0 Å². The number of urea groups is 1. The fourth-order valence-electron chi connectivity index (χ4n) is 2.94. The van der Waals surface area contributed by atoms with Crippen LogP contribution in [-0.4, -0.2) is 28.7 Å². The van der Waals surface area contributed by atoms with E-state index in [-0.39, 0.29) is 12.1 Å². The quantitative estimate of drug-likeness (QED) is 0.730. The predicted molar refractivity (Wildman–Crippen MR) is 83.1 cm³/mol. The molecule has 1 aliphatic carbocycles. The Hall–Kier alpha value is -1.26. The second kappa shape index (κ2) is 6.24. The van der Waals surface area contributed by atoms with Gasteiger partial charge < -0.3 is 15.7 Å². The predicted octanol–water partition coefficient (Wildman–Crippen LogP) is 3.00. The Morgan fingerprint density at radius 1 is 1.19 bits per heavy atom. The minimum absolute atomic E-state index is 0.179. The van der Waals surface area contributed by atoms with Gasteiger partial charge in [0.2, 0.25) is 0 Å². The Kier molecular flexibility index (Phi) is 5.29. The summed E-state index contributed by atoms with van der Waals surface area (Å²) in [6, 6.07) is -0.0957. The van der Waals surface area contributed by atoms with E-state index in [2.05, 4.69) is 24.5 Å². The number of rotatable bonds is 5. The van der Waals surface area contributed by atoms with E-state index in [1.54, 1.807) is 27.7 Å². The van der Waals surface area contributed by atoms with E-state index in [0.29, 0.717) is 11.8 Å². The summed E-state index contributed by atoms with van der Waals surface area (Å²) >= 11 is 0. The van der Waals surface area contributed by atoms with Gasteiger partial charge >= 0.3 is 12.0 Å². The van der Waals surface area contributed by atoms with E-state index < -0.39 is 16.9 Å². The molecule has 0 aromatic carbocycles. The van der Waals surface area contributed by atoms with Gasteiger partial charge in [-0.3, -0.25) is 4.79 Å². The summed E-state index contributed by atoms with van der Waals surface area (Å²) in [6.07, 6.45) is 3.28. The van der Waals surface area contributed by atoms with Gasteiger partial charge in [0.1, 0.15) is 0 Å². The molecule has 0 aliphatic heterocycles. The van der Waals surface area contributed by atoms with Gasteiger partial charge in [-0.25, -0.2) is 4.79 Å². The fourth-order valence-corrected chi connectivity index (χ4v) is 2.94. The fraction of sp³-hybridized carbons (Fsp3) is 0.875. The molecule has 5 nitrogen and oxygen atoms in total. The third kappa shape index (κ3) is 3.69. The summed E-state index contributed by atoms with van der Waals surface area (Å²) in [7, 11) is 0. The number of nitrogens with one attached hydrogen (secondary N) is 2. The van der Waals surface area contributed by atoms with Crippen LogP contribution in [0.25, 0.3) is 0 Å². The molecule has 1 rings (SSSR count). The van der Waals surface area contributed by atoms with Crippen LogP contribution in [0.5, 0.6) is 0 Å². The zero-order valence-corrected chi connectivity index (χ0v) is 14.1. The molecule has 122 valence electrons. The minimum atomic E-state index is -1.04. The number of carbonyl (C=O) groups is 2. The number of hydrogen-bond donors (Lipinski definition) is 3. The average molecular weight is 298 g/mol. The first kappa shape index (κ1) is 17.8. The zero-order chi connectivity index (χ0) is 16.4. The number of carboxylic acids is 1. The van der Waals surface area contributed by atoms with Crippen molar-refractivity contribution >= 4 is 12.0 Å². The van der Waals surface area contributed by atoms with Crippen molar-refractivity contribution in [3.05, 3.63) is 0 Å². The van der Waals surface area contributed by atoms with Crippen LogP contribution in [-0.2, 0) is 4.79 Å². The van der Waals surface area contributed by atoms with Crippen LogP contribution in [0.2, 0.25) is 0 Å². The number of amides is 2. The zero-order valence-electron chi connectivity index (χ0n) is 14.1. The van der Waals surface area contributed by atoms with Crippen molar-refractivity contribution in [3.8, 4) is 0 Å². The number of carboxylic acid groups (broad SMARTS) is 1. The first-order chi connectivity index (χ1) is 9.52. The van der Waals surface area contributed by atoms with Crippen molar-refractivity contribution in [2.75, 3.05) is 0 Å². The van der Waals surface area contributed by atoms with Crippen molar-refractivity contribution < 1.29 is 14.7 Å². The standard InChI is InChI=1S/C16H30N2O3/c1-7-11-8-9-12(10(11)2)17-14(21)18-16(5,6)15(3,4)13(19)20/h10-12H,7-9H2,1-6H3,(H,19,20)(H2,17,18,21). The van der Waals surface area contributed by atoms with E-state index in [1.165, 1.54) is 0 Å². The van der Waals surface area contributed by atoms with Gasteiger partial charge in [-0.05, 0) is 52.4 Å². The molecule has 0 saturated heterocycles. The molecule has 0 bridgehead atoms. The van der Waals surface area contributed by atoms with Gasteiger partial charge in [0.05, 0.1) is 11.0 Å². The van der Waals surface area contributed by atoms with Crippen LogP contribution < -0.4 is 10.6 Å².